The summed E-state index contributed by atoms with van der Waals surface area (Å²) in [7, 11) is 0. The summed E-state index contributed by atoms with van der Waals surface area (Å²) >= 11 is 0. The van der Waals surface area contributed by atoms with Crippen molar-refractivity contribution in [2.75, 3.05) is 13.1 Å². The molecule has 22 heavy (non-hydrogen) atoms. The van der Waals surface area contributed by atoms with E-state index in [9.17, 15) is 4.79 Å². The summed E-state index contributed by atoms with van der Waals surface area (Å²) in [5.74, 6) is 2.60. The van der Waals surface area contributed by atoms with E-state index in [1.807, 2.05) is 30.3 Å². The summed E-state index contributed by atoms with van der Waals surface area (Å²) in [6, 6.07) is 9.66. The maximum Gasteiger partial charge on any atom is 0.253 e. The van der Waals surface area contributed by atoms with Gasteiger partial charge < -0.3 is 4.90 Å². The highest BCUT2D eigenvalue weighted by Crippen LogP contribution is 2.41. The van der Waals surface area contributed by atoms with Gasteiger partial charge in [-0.2, -0.15) is 0 Å². The normalized spacial score (nSPS) is 26.3. The molecule has 3 atom stereocenters. The predicted octanol–water partition coefficient (Wildman–Crippen LogP) is 5.00. The Kier molecular flexibility index (Phi) is 6.48. The molecule has 1 aromatic rings. The molecule has 0 aromatic heterocycles. The van der Waals surface area contributed by atoms with Crippen molar-refractivity contribution in [1.29, 1.82) is 0 Å². The Bertz CT molecular complexity index is 440. The standard InChI is InChI=1S/C15H19NO.C5H12/c1-11-7-13-9-16(10-14(13)8-11)15(17)12-5-3-2-4-6-12;1-3-5-4-2/h2-6,11,13-14H,7-10H2,1H3;3-5H2,1-2H3/t11?,13-,14+;. The molecule has 0 spiro atoms. The van der Waals surface area contributed by atoms with Crippen molar-refractivity contribution >= 4 is 5.91 Å². The van der Waals surface area contributed by atoms with Gasteiger partial charge in [0.2, 0.25) is 0 Å². The summed E-state index contributed by atoms with van der Waals surface area (Å²) in [6.07, 6.45) is 6.69. The predicted molar refractivity (Wildman–Crippen MR) is 92.9 cm³/mol. The molecule has 122 valence electrons. The number of nitrogens with zero attached hydrogens (tertiary/aromatic N) is 1. The van der Waals surface area contributed by atoms with Crippen molar-refractivity contribution in [2.24, 2.45) is 17.8 Å². The minimum atomic E-state index is 0.215. The van der Waals surface area contributed by atoms with Crippen LogP contribution in [0.1, 0.15) is 63.2 Å². The first-order valence-corrected chi connectivity index (χ1v) is 9.00. The molecule has 2 nitrogen and oxygen atoms in total. The molecule has 1 aromatic carbocycles. The second kappa shape index (κ2) is 8.36. The number of rotatable bonds is 3. The lowest BCUT2D eigenvalue weighted by Gasteiger charge is -2.18. The van der Waals surface area contributed by atoms with E-state index < -0.39 is 0 Å². The minimum absolute atomic E-state index is 0.215. The highest BCUT2D eigenvalue weighted by Gasteiger charge is 2.40. The van der Waals surface area contributed by atoms with Crippen LogP contribution in [0.5, 0.6) is 0 Å². The topological polar surface area (TPSA) is 20.3 Å². The van der Waals surface area contributed by atoms with Crippen LogP contribution in [0.15, 0.2) is 30.3 Å². The molecule has 3 rings (SSSR count). The van der Waals surface area contributed by atoms with Gasteiger partial charge in [-0.25, -0.2) is 0 Å². The Hall–Kier alpha value is -1.31. The Morgan fingerprint density at radius 3 is 2.05 bits per heavy atom. The average molecular weight is 301 g/mol. The molecule has 2 aliphatic rings. The molecule has 1 aliphatic heterocycles. The first kappa shape index (κ1) is 17.1. The Morgan fingerprint density at radius 2 is 1.59 bits per heavy atom. The molecule has 1 heterocycles. The summed E-state index contributed by atoms with van der Waals surface area (Å²) < 4.78 is 0. The van der Waals surface area contributed by atoms with Gasteiger partial charge in [-0.15, -0.1) is 0 Å². The van der Waals surface area contributed by atoms with Gasteiger partial charge >= 0.3 is 0 Å². The second-order valence-corrected chi connectivity index (χ2v) is 7.03. The van der Waals surface area contributed by atoms with E-state index >= 15 is 0 Å². The SMILES string of the molecule is CC1C[C@@H]2CN(C(=O)c3ccccc3)C[C@@H]2C1.CCCCC. The van der Waals surface area contributed by atoms with Crippen molar-refractivity contribution in [3.8, 4) is 0 Å². The van der Waals surface area contributed by atoms with Crippen molar-refractivity contribution < 1.29 is 4.79 Å². The summed E-state index contributed by atoms with van der Waals surface area (Å²) in [6.45, 7) is 8.71. The van der Waals surface area contributed by atoms with Gasteiger partial charge in [-0.3, -0.25) is 4.79 Å². The van der Waals surface area contributed by atoms with Gasteiger partial charge in [0.25, 0.3) is 5.91 Å². The fourth-order valence-corrected chi connectivity index (χ4v) is 3.89. The van der Waals surface area contributed by atoms with Gasteiger partial charge in [0.1, 0.15) is 0 Å². The van der Waals surface area contributed by atoms with E-state index in [4.69, 9.17) is 0 Å². The van der Waals surface area contributed by atoms with Gasteiger partial charge in [-0.05, 0) is 42.7 Å². The molecule has 0 N–H and O–H groups in total. The van der Waals surface area contributed by atoms with Crippen LogP contribution in [0.25, 0.3) is 0 Å². The van der Waals surface area contributed by atoms with E-state index in [1.165, 1.54) is 32.1 Å². The highest BCUT2D eigenvalue weighted by molar-refractivity contribution is 5.94. The largest absolute Gasteiger partial charge is 0.338 e. The van der Waals surface area contributed by atoms with E-state index in [0.717, 1.165) is 36.4 Å². The molecular weight excluding hydrogens is 270 g/mol. The highest BCUT2D eigenvalue weighted by atomic mass is 16.2. The molecule has 1 amide bonds. The maximum atomic E-state index is 12.3. The quantitative estimate of drug-likeness (QED) is 0.769. The van der Waals surface area contributed by atoms with Crippen LogP contribution in [-0.4, -0.2) is 23.9 Å². The van der Waals surface area contributed by atoms with E-state index in [-0.39, 0.29) is 5.91 Å². The van der Waals surface area contributed by atoms with Crippen LogP contribution in [0, 0.1) is 17.8 Å². The van der Waals surface area contributed by atoms with E-state index in [2.05, 4.69) is 25.7 Å². The van der Waals surface area contributed by atoms with E-state index in [0.29, 0.717) is 0 Å². The Labute approximate surface area is 135 Å². The number of benzene rings is 1. The number of hydrogen-bond donors (Lipinski definition) is 0. The lowest BCUT2D eigenvalue weighted by molar-refractivity contribution is 0.0778. The van der Waals surface area contributed by atoms with E-state index in [1.54, 1.807) is 0 Å². The zero-order chi connectivity index (χ0) is 15.9. The fourth-order valence-electron chi connectivity index (χ4n) is 3.89. The minimum Gasteiger partial charge on any atom is -0.338 e. The van der Waals surface area contributed by atoms with Crippen LogP contribution in [0.3, 0.4) is 0 Å². The van der Waals surface area contributed by atoms with Crippen molar-refractivity contribution in [2.45, 2.75) is 52.9 Å². The van der Waals surface area contributed by atoms with Crippen LogP contribution in [-0.2, 0) is 0 Å². The summed E-state index contributed by atoms with van der Waals surface area (Å²) in [4.78, 5) is 14.3. The molecular formula is C20H31NO. The zero-order valence-electron chi connectivity index (χ0n) is 14.4. The monoisotopic (exact) mass is 301 g/mol. The number of carbonyl (C=O) groups excluding carboxylic acids is 1. The zero-order valence-corrected chi connectivity index (χ0v) is 14.4. The average Bonchev–Trinajstić information content (AvgIpc) is 3.06. The third-order valence-corrected chi connectivity index (χ3v) is 5.00. The van der Waals surface area contributed by atoms with Crippen molar-refractivity contribution in [1.82, 2.24) is 4.90 Å². The Morgan fingerprint density at radius 1 is 1.05 bits per heavy atom. The molecule has 1 saturated carbocycles. The molecule has 2 heteroatoms. The summed E-state index contributed by atoms with van der Waals surface area (Å²) in [5, 5.41) is 0. The van der Waals surface area contributed by atoms with Crippen LogP contribution in [0.2, 0.25) is 0 Å². The Balaban J connectivity index is 0.000000309. The van der Waals surface area contributed by atoms with Gasteiger partial charge in [0, 0.05) is 18.7 Å². The van der Waals surface area contributed by atoms with Gasteiger partial charge in [0.05, 0.1) is 0 Å². The number of fused-ring (bicyclic) bond motifs is 1. The lowest BCUT2D eigenvalue weighted by Crippen LogP contribution is -2.29. The van der Waals surface area contributed by atoms with Crippen molar-refractivity contribution in [3.05, 3.63) is 35.9 Å². The lowest BCUT2D eigenvalue weighted by atomic mass is 10.0. The number of amides is 1. The molecule has 0 radical (unpaired) electrons. The fraction of sp³-hybridized carbons (Fsp3) is 0.650. The molecule has 1 saturated heterocycles. The number of hydrogen-bond acceptors (Lipinski definition) is 1. The smallest absolute Gasteiger partial charge is 0.253 e. The number of likely N-dealkylation sites (tertiary alicyclic amines) is 1. The summed E-state index contributed by atoms with van der Waals surface area (Å²) in [5.41, 5.74) is 0.834. The molecule has 2 fully saturated rings. The first-order valence-electron chi connectivity index (χ1n) is 9.00. The number of unbranched alkanes of at least 4 members (excludes halogenated alkanes) is 2. The van der Waals surface area contributed by atoms with Gasteiger partial charge in [0.15, 0.2) is 0 Å². The van der Waals surface area contributed by atoms with Crippen LogP contribution < -0.4 is 0 Å². The van der Waals surface area contributed by atoms with Gasteiger partial charge in [-0.1, -0.05) is 58.2 Å². The third kappa shape index (κ3) is 4.34. The molecule has 1 unspecified atom stereocenters. The first-order chi connectivity index (χ1) is 10.7. The van der Waals surface area contributed by atoms with Crippen LogP contribution in [0.4, 0.5) is 0 Å². The molecule has 0 bridgehead atoms. The second-order valence-electron chi connectivity index (χ2n) is 7.03. The third-order valence-electron chi connectivity index (χ3n) is 5.00. The molecule has 1 aliphatic carbocycles. The van der Waals surface area contributed by atoms with Crippen LogP contribution >= 0.6 is 0 Å². The number of carbonyl (C=O) groups is 1. The maximum absolute atomic E-state index is 12.3. The van der Waals surface area contributed by atoms with Crippen molar-refractivity contribution in [3.63, 3.8) is 0 Å².